The maximum atomic E-state index is 10.5. The van der Waals surface area contributed by atoms with Crippen LogP contribution < -0.4 is 0 Å². The second-order valence-electron chi connectivity index (χ2n) is 3.08. The molecule has 86 valence electrons. The molecule has 0 fully saturated rings. The number of benzene rings is 1. The van der Waals surface area contributed by atoms with Crippen molar-refractivity contribution < 1.29 is 13.0 Å². The van der Waals surface area contributed by atoms with E-state index in [4.69, 9.17) is 4.55 Å². The van der Waals surface area contributed by atoms with E-state index in [0.29, 0.717) is 5.75 Å². The van der Waals surface area contributed by atoms with Crippen LogP contribution in [-0.4, -0.2) is 29.5 Å². The molecule has 0 amide bonds. The number of hydrogen-bond acceptors (Lipinski definition) is 5. The van der Waals surface area contributed by atoms with Crippen LogP contribution in [-0.2, 0) is 10.1 Å². The highest BCUT2D eigenvalue weighted by Crippen LogP contribution is 2.29. The van der Waals surface area contributed by atoms with Crippen molar-refractivity contribution >= 4 is 43.4 Å². The highest BCUT2D eigenvalue weighted by atomic mass is 32.2. The van der Waals surface area contributed by atoms with Crippen molar-refractivity contribution in [2.24, 2.45) is 0 Å². The van der Waals surface area contributed by atoms with Crippen LogP contribution in [0.3, 0.4) is 0 Å². The minimum Gasteiger partial charge on any atom is -0.286 e. The average Bonchev–Trinajstić information content (AvgIpc) is 2.57. The van der Waals surface area contributed by atoms with E-state index < -0.39 is 10.1 Å². The second kappa shape index (κ2) is 4.70. The third kappa shape index (κ3) is 3.18. The number of para-hydroxylation sites is 1. The van der Waals surface area contributed by atoms with Crippen LogP contribution in [0.5, 0.6) is 0 Å². The minimum absolute atomic E-state index is 0.242. The van der Waals surface area contributed by atoms with Gasteiger partial charge in [0.2, 0.25) is 0 Å². The smallest absolute Gasteiger partial charge is 0.265 e. The fourth-order valence-electron chi connectivity index (χ4n) is 1.15. The lowest BCUT2D eigenvalue weighted by Gasteiger charge is -1.94. The first-order valence-electron chi connectivity index (χ1n) is 4.48. The molecule has 1 heterocycles. The van der Waals surface area contributed by atoms with Crippen LogP contribution in [0.1, 0.15) is 0 Å². The summed E-state index contributed by atoms with van der Waals surface area (Å²) in [5, 5.41) is 0. The van der Waals surface area contributed by atoms with Crippen LogP contribution in [0.15, 0.2) is 28.6 Å². The van der Waals surface area contributed by atoms with Gasteiger partial charge in [-0.3, -0.25) is 4.55 Å². The van der Waals surface area contributed by atoms with Crippen LogP contribution >= 0.6 is 23.1 Å². The number of hydrogen-bond donors (Lipinski definition) is 1. The summed E-state index contributed by atoms with van der Waals surface area (Å²) in [6.07, 6.45) is 0. The van der Waals surface area contributed by atoms with E-state index in [1.165, 1.54) is 23.1 Å². The Hall–Kier alpha value is -0.630. The van der Waals surface area contributed by atoms with E-state index in [2.05, 4.69) is 4.98 Å². The summed E-state index contributed by atoms with van der Waals surface area (Å²) in [7, 11) is -3.87. The Morgan fingerprint density at radius 2 is 2.12 bits per heavy atom. The summed E-state index contributed by atoms with van der Waals surface area (Å²) in [5.74, 6) is 0.0756. The lowest BCUT2D eigenvalue weighted by Crippen LogP contribution is -2.05. The molecule has 4 nitrogen and oxygen atoms in total. The molecule has 1 aromatic carbocycles. The van der Waals surface area contributed by atoms with Gasteiger partial charge >= 0.3 is 0 Å². The van der Waals surface area contributed by atoms with Gasteiger partial charge in [0.15, 0.2) is 4.34 Å². The summed E-state index contributed by atoms with van der Waals surface area (Å²) in [6.45, 7) is 0. The van der Waals surface area contributed by atoms with Crippen molar-refractivity contribution in [3.8, 4) is 0 Å². The molecule has 0 saturated carbocycles. The van der Waals surface area contributed by atoms with Crippen molar-refractivity contribution in [3.63, 3.8) is 0 Å². The number of thiazole rings is 1. The standard InChI is InChI=1S/C9H9NO3S3/c11-16(12,13)6-5-14-9-10-7-3-1-2-4-8(7)15-9/h1-4H,5-6H2,(H,11,12,13). The molecule has 2 rings (SSSR count). The number of aromatic nitrogens is 1. The minimum atomic E-state index is -3.87. The Kier molecular flexibility index (Phi) is 3.48. The molecule has 7 heteroatoms. The third-order valence-corrected chi connectivity index (χ3v) is 5.00. The maximum Gasteiger partial charge on any atom is 0.265 e. The molecule has 0 aliphatic carbocycles. The normalized spacial score (nSPS) is 12.1. The lowest BCUT2D eigenvalue weighted by molar-refractivity contribution is 0.485. The third-order valence-electron chi connectivity index (χ3n) is 1.84. The lowest BCUT2D eigenvalue weighted by atomic mass is 10.3. The Morgan fingerprint density at radius 3 is 2.81 bits per heavy atom. The Labute approximate surface area is 101 Å². The van der Waals surface area contributed by atoms with E-state index in [1.807, 2.05) is 24.3 Å². The Morgan fingerprint density at radius 1 is 1.38 bits per heavy atom. The van der Waals surface area contributed by atoms with Gasteiger partial charge < -0.3 is 0 Å². The molecule has 1 N–H and O–H groups in total. The van der Waals surface area contributed by atoms with Crippen molar-refractivity contribution in [1.82, 2.24) is 4.98 Å². The number of nitrogens with zero attached hydrogens (tertiary/aromatic N) is 1. The molecule has 0 aliphatic heterocycles. The zero-order valence-electron chi connectivity index (χ0n) is 8.16. The van der Waals surface area contributed by atoms with E-state index >= 15 is 0 Å². The van der Waals surface area contributed by atoms with Gasteiger partial charge in [-0.05, 0) is 12.1 Å². The number of rotatable bonds is 4. The van der Waals surface area contributed by atoms with E-state index in [-0.39, 0.29) is 5.75 Å². The second-order valence-corrected chi connectivity index (χ2v) is 7.03. The van der Waals surface area contributed by atoms with E-state index in [1.54, 1.807) is 0 Å². The molecule has 0 aliphatic rings. The molecule has 1 aromatic heterocycles. The SMILES string of the molecule is O=S(=O)(O)CCSc1nc2ccccc2s1. The summed E-state index contributed by atoms with van der Waals surface area (Å²) in [5.41, 5.74) is 0.918. The van der Waals surface area contributed by atoms with Crippen LogP contribution in [0, 0.1) is 0 Å². The van der Waals surface area contributed by atoms with Gasteiger partial charge in [0.1, 0.15) is 0 Å². The van der Waals surface area contributed by atoms with E-state index in [0.717, 1.165) is 14.6 Å². The highest BCUT2D eigenvalue weighted by Gasteiger charge is 2.07. The summed E-state index contributed by atoms with van der Waals surface area (Å²) in [6, 6.07) is 7.74. The van der Waals surface area contributed by atoms with Crippen LogP contribution in [0.4, 0.5) is 0 Å². The van der Waals surface area contributed by atoms with Crippen LogP contribution in [0.2, 0.25) is 0 Å². The van der Waals surface area contributed by atoms with Crippen molar-refractivity contribution in [2.45, 2.75) is 4.34 Å². The van der Waals surface area contributed by atoms with E-state index in [9.17, 15) is 8.42 Å². The molecule has 2 aromatic rings. The van der Waals surface area contributed by atoms with Gasteiger partial charge in [0.05, 0.1) is 16.0 Å². The summed E-state index contributed by atoms with van der Waals surface area (Å²) in [4.78, 5) is 4.34. The predicted molar refractivity (Wildman–Crippen MR) is 66.8 cm³/mol. The highest BCUT2D eigenvalue weighted by molar-refractivity contribution is 8.01. The van der Waals surface area contributed by atoms with Crippen LogP contribution in [0.25, 0.3) is 10.2 Å². The molecular weight excluding hydrogens is 266 g/mol. The monoisotopic (exact) mass is 275 g/mol. The predicted octanol–water partition coefficient (Wildman–Crippen LogP) is 2.28. The molecule has 0 radical (unpaired) electrons. The molecule has 0 atom stereocenters. The molecule has 16 heavy (non-hydrogen) atoms. The van der Waals surface area contributed by atoms with Gasteiger partial charge in [0, 0.05) is 5.75 Å². The Balaban J connectivity index is 2.05. The topological polar surface area (TPSA) is 67.3 Å². The molecule has 0 bridgehead atoms. The number of thioether (sulfide) groups is 1. The fourth-order valence-corrected chi connectivity index (χ4v) is 4.11. The van der Waals surface area contributed by atoms with Gasteiger partial charge in [-0.2, -0.15) is 8.42 Å². The number of fused-ring (bicyclic) bond motifs is 1. The van der Waals surface area contributed by atoms with Crippen molar-refractivity contribution in [2.75, 3.05) is 11.5 Å². The summed E-state index contributed by atoms with van der Waals surface area (Å²) < 4.78 is 31.5. The summed E-state index contributed by atoms with van der Waals surface area (Å²) >= 11 is 2.86. The van der Waals surface area contributed by atoms with Crippen molar-refractivity contribution in [1.29, 1.82) is 0 Å². The molecule has 0 spiro atoms. The van der Waals surface area contributed by atoms with Gasteiger partial charge in [0.25, 0.3) is 10.1 Å². The quantitative estimate of drug-likeness (QED) is 0.685. The Bertz CT molecular complexity index is 558. The first kappa shape index (κ1) is 11.8. The van der Waals surface area contributed by atoms with Crippen molar-refractivity contribution in [3.05, 3.63) is 24.3 Å². The fraction of sp³-hybridized carbons (Fsp3) is 0.222. The van der Waals surface area contributed by atoms with Gasteiger partial charge in [-0.1, -0.05) is 23.9 Å². The van der Waals surface area contributed by atoms with Gasteiger partial charge in [-0.25, -0.2) is 4.98 Å². The molecule has 0 saturated heterocycles. The first-order chi connectivity index (χ1) is 7.54. The maximum absolute atomic E-state index is 10.5. The molecule has 0 unspecified atom stereocenters. The average molecular weight is 275 g/mol. The zero-order valence-corrected chi connectivity index (χ0v) is 10.6. The van der Waals surface area contributed by atoms with Gasteiger partial charge in [-0.15, -0.1) is 11.3 Å². The first-order valence-corrected chi connectivity index (χ1v) is 7.89. The molecular formula is C9H9NO3S3. The largest absolute Gasteiger partial charge is 0.286 e. The zero-order chi connectivity index (χ0) is 11.6.